The van der Waals surface area contributed by atoms with E-state index in [1.807, 2.05) is 32.0 Å². The SMILES string of the molecule is C[C@@H]1Sc2ccccc2N(S(=O)(=O)c2cc(C(=O)O)cs2)[C@H]1C. The number of thiophene rings is 1. The van der Waals surface area contributed by atoms with Crippen LogP contribution in [-0.2, 0) is 10.0 Å². The number of aromatic carboxylic acids is 1. The lowest BCUT2D eigenvalue weighted by atomic mass is 10.2. The summed E-state index contributed by atoms with van der Waals surface area (Å²) in [5.41, 5.74) is 0.641. The summed E-state index contributed by atoms with van der Waals surface area (Å²) >= 11 is 2.59. The van der Waals surface area contributed by atoms with E-state index in [9.17, 15) is 13.2 Å². The lowest BCUT2D eigenvalue weighted by molar-refractivity contribution is 0.0697. The van der Waals surface area contributed by atoms with E-state index >= 15 is 0 Å². The van der Waals surface area contributed by atoms with Crippen LogP contribution in [0.2, 0.25) is 0 Å². The molecule has 1 aromatic heterocycles. The normalized spacial score (nSPS) is 21.0. The third kappa shape index (κ3) is 2.75. The van der Waals surface area contributed by atoms with Crippen molar-refractivity contribution in [2.75, 3.05) is 4.31 Å². The average Bonchev–Trinajstić information content (AvgIpc) is 2.99. The highest BCUT2D eigenvalue weighted by molar-refractivity contribution is 8.00. The predicted octanol–water partition coefficient (Wildman–Crippen LogP) is 3.52. The van der Waals surface area contributed by atoms with Gasteiger partial charge in [0, 0.05) is 15.5 Å². The highest BCUT2D eigenvalue weighted by atomic mass is 32.2. The lowest BCUT2D eigenvalue weighted by Crippen LogP contribution is -2.45. The molecule has 0 fully saturated rings. The Labute approximate surface area is 143 Å². The van der Waals surface area contributed by atoms with Gasteiger partial charge in [0.25, 0.3) is 10.0 Å². The smallest absolute Gasteiger partial charge is 0.336 e. The number of thioether (sulfide) groups is 1. The van der Waals surface area contributed by atoms with E-state index in [0.29, 0.717) is 5.69 Å². The molecule has 0 bridgehead atoms. The molecular formula is C15H15NO4S3. The summed E-state index contributed by atoms with van der Waals surface area (Å²) in [7, 11) is -3.80. The minimum Gasteiger partial charge on any atom is -0.478 e. The second-order valence-corrected chi connectivity index (χ2v) is 9.66. The number of hydrogen-bond donors (Lipinski definition) is 1. The van der Waals surface area contributed by atoms with E-state index in [4.69, 9.17) is 5.11 Å². The van der Waals surface area contributed by atoms with Crippen LogP contribution in [0.4, 0.5) is 5.69 Å². The molecule has 122 valence electrons. The van der Waals surface area contributed by atoms with Crippen LogP contribution in [0.1, 0.15) is 24.2 Å². The molecule has 5 nitrogen and oxygen atoms in total. The van der Waals surface area contributed by atoms with Crippen molar-refractivity contribution in [3.8, 4) is 0 Å². The molecule has 2 aromatic rings. The number of anilines is 1. The van der Waals surface area contributed by atoms with Crippen molar-refractivity contribution in [1.82, 2.24) is 0 Å². The molecule has 8 heteroatoms. The van der Waals surface area contributed by atoms with Gasteiger partial charge in [-0.15, -0.1) is 23.1 Å². The zero-order chi connectivity index (χ0) is 16.8. The molecule has 1 aliphatic rings. The summed E-state index contributed by atoms with van der Waals surface area (Å²) in [4.78, 5) is 11.9. The molecular weight excluding hydrogens is 354 g/mol. The first-order valence-corrected chi connectivity index (χ1v) is 10.1. The maximum atomic E-state index is 13.1. The summed E-state index contributed by atoms with van der Waals surface area (Å²) in [6.45, 7) is 3.86. The van der Waals surface area contributed by atoms with Crippen LogP contribution >= 0.6 is 23.1 Å². The lowest BCUT2D eigenvalue weighted by Gasteiger charge is -2.38. The Morgan fingerprint density at radius 1 is 1.26 bits per heavy atom. The van der Waals surface area contributed by atoms with Crippen molar-refractivity contribution in [3.63, 3.8) is 0 Å². The molecule has 0 saturated heterocycles. The Bertz CT molecular complexity index is 859. The average molecular weight is 369 g/mol. The largest absolute Gasteiger partial charge is 0.478 e. The van der Waals surface area contributed by atoms with Gasteiger partial charge in [-0.05, 0) is 25.1 Å². The van der Waals surface area contributed by atoms with E-state index in [1.54, 1.807) is 17.8 Å². The summed E-state index contributed by atoms with van der Waals surface area (Å²) in [6.07, 6.45) is 0. The summed E-state index contributed by atoms with van der Waals surface area (Å²) < 4.78 is 27.6. The monoisotopic (exact) mass is 369 g/mol. The van der Waals surface area contributed by atoms with E-state index in [2.05, 4.69) is 0 Å². The molecule has 0 aliphatic carbocycles. The fourth-order valence-electron chi connectivity index (χ4n) is 2.46. The summed E-state index contributed by atoms with van der Waals surface area (Å²) in [5, 5.41) is 10.5. The van der Waals surface area contributed by atoms with Crippen molar-refractivity contribution >= 4 is 44.8 Å². The van der Waals surface area contributed by atoms with Crippen molar-refractivity contribution in [3.05, 3.63) is 41.3 Å². The summed E-state index contributed by atoms with van der Waals surface area (Å²) in [5.74, 6) is -1.13. The Morgan fingerprint density at radius 3 is 2.61 bits per heavy atom. The Balaban J connectivity index is 2.12. The number of carboxylic acids is 1. The van der Waals surface area contributed by atoms with Gasteiger partial charge in [0.05, 0.1) is 17.3 Å². The van der Waals surface area contributed by atoms with Crippen LogP contribution in [0.3, 0.4) is 0 Å². The number of fused-ring (bicyclic) bond motifs is 1. The number of benzene rings is 1. The molecule has 0 radical (unpaired) electrons. The zero-order valence-corrected chi connectivity index (χ0v) is 14.9. The standard InChI is InChI=1S/C15H15NO4S3/c1-9-10(2)22-13-6-4-3-5-12(13)16(9)23(19,20)14-7-11(8-21-14)15(17)18/h3-10H,1-2H3,(H,17,18)/t9-,10-/m0/s1. The fourth-order valence-corrected chi connectivity index (χ4v) is 6.74. The number of nitrogens with zero attached hydrogens (tertiary/aromatic N) is 1. The number of hydrogen-bond acceptors (Lipinski definition) is 5. The molecule has 0 unspecified atom stereocenters. The predicted molar refractivity (Wildman–Crippen MR) is 92.2 cm³/mol. The van der Waals surface area contributed by atoms with Crippen molar-refractivity contribution in [2.45, 2.75) is 34.2 Å². The molecule has 1 N–H and O–H groups in total. The van der Waals surface area contributed by atoms with Crippen molar-refractivity contribution in [2.24, 2.45) is 0 Å². The van der Waals surface area contributed by atoms with Gasteiger partial charge in [-0.2, -0.15) is 0 Å². The molecule has 3 rings (SSSR count). The van der Waals surface area contributed by atoms with Crippen LogP contribution in [0, 0.1) is 0 Å². The van der Waals surface area contributed by atoms with Crippen molar-refractivity contribution in [1.29, 1.82) is 0 Å². The van der Waals surface area contributed by atoms with Crippen LogP contribution in [0.25, 0.3) is 0 Å². The number of carboxylic acid groups (broad SMARTS) is 1. The zero-order valence-electron chi connectivity index (χ0n) is 12.5. The first-order chi connectivity index (χ1) is 10.8. The molecule has 23 heavy (non-hydrogen) atoms. The molecule has 0 spiro atoms. The highest BCUT2D eigenvalue weighted by Crippen LogP contribution is 2.44. The molecule has 1 aromatic carbocycles. The van der Waals surface area contributed by atoms with E-state index < -0.39 is 16.0 Å². The van der Waals surface area contributed by atoms with Crippen LogP contribution in [0.15, 0.2) is 44.8 Å². The minimum absolute atomic E-state index is 0.00561. The van der Waals surface area contributed by atoms with E-state index in [1.165, 1.54) is 15.8 Å². The maximum Gasteiger partial charge on any atom is 0.336 e. The van der Waals surface area contributed by atoms with Crippen LogP contribution in [0.5, 0.6) is 0 Å². The van der Waals surface area contributed by atoms with E-state index in [-0.39, 0.29) is 21.1 Å². The fraction of sp³-hybridized carbons (Fsp3) is 0.267. The van der Waals surface area contributed by atoms with Gasteiger partial charge >= 0.3 is 5.97 Å². The van der Waals surface area contributed by atoms with Gasteiger partial charge in [-0.25, -0.2) is 13.2 Å². The van der Waals surface area contributed by atoms with Gasteiger partial charge in [0.2, 0.25) is 0 Å². The van der Waals surface area contributed by atoms with Gasteiger partial charge in [-0.1, -0.05) is 19.1 Å². The third-order valence-electron chi connectivity index (χ3n) is 3.80. The Hall–Kier alpha value is -1.51. The molecule has 1 aliphatic heterocycles. The number of carbonyl (C=O) groups is 1. The topological polar surface area (TPSA) is 74.7 Å². The van der Waals surface area contributed by atoms with Crippen LogP contribution < -0.4 is 4.31 Å². The first-order valence-electron chi connectivity index (χ1n) is 6.94. The van der Waals surface area contributed by atoms with Gasteiger partial charge in [-0.3, -0.25) is 4.31 Å². The third-order valence-corrected chi connectivity index (χ3v) is 8.48. The van der Waals surface area contributed by atoms with Crippen LogP contribution in [-0.4, -0.2) is 30.8 Å². The second kappa shape index (κ2) is 5.85. The van der Waals surface area contributed by atoms with Crippen molar-refractivity contribution < 1.29 is 18.3 Å². The summed E-state index contributed by atoms with van der Waals surface area (Å²) in [6, 6.07) is 8.38. The number of sulfonamides is 1. The van der Waals surface area contributed by atoms with Gasteiger partial charge in [0.15, 0.2) is 0 Å². The first kappa shape index (κ1) is 16.4. The quantitative estimate of drug-likeness (QED) is 0.896. The molecule has 2 heterocycles. The Kier molecular flexibility index (Phi) is 4.16. The van der Waals surface area contributed by atoms with Gasteiger partial charge in [0.1, 0.15) is 4.21 Å². The van der Waals surface area contributed by atoms with Gasteiger partial charge < -0.3 is 5.11 Å². The molecule has 0 saturated carbocycles. The van der Waals surface area contributed by atoms with E-state index in [0.717, 1.165) is 16.2 Å². The number of rotatable bonds is 3. The number of para-hydroxylation sites is 1. The molecule has 0 amide bonds. The molecule has 2 atom stereocenters. The maximum absolute atomic E-state index is 13.1. The second-order valence-electron chi connectivity index (χ2n) is 5.29. The highest BCUT2D eigenvalue weighted by Gasteiger charge is 2.38. The minimum atomic E-state index is -3.80. The Morgan fingerprint density at radius 2 is 1.96 bits per heavy atom.